The van der Waals surface area contributed by atoms with Gasteiger partial charge in [0.25, 0.3) is 11.5 Å². The zero-order valence-electron chi connectivity index (χ0n) is 12.9. The summed E-state index contributed by atoms with van der Waals surface area (Å²) in [5, 5.41) is 7.64. The molecule has 1 N–H and O–H groups in total. The monoisotopic (exact) mass is 421 g/mol. The molecule has 2 heterocycles. The van der Waals surface area contributed by atoms with Crippen LogP contribution in [0.5, 0.6) is 0 Å². The molecule has 0 fully saturated rings. The van der Waals surface area contributed by atoms with Crippen LogP contribution >= 0.6 is 27.5 Å². The van der Waals surface area contributed by atoms with Crippen LogP contribution in [0, 0.1) is 0 Å². The second-order valence-corrected chi connectivity index (χ2v) is 6.36. The molecule has 0 saturated carbocycles. The first-order chi connectivity index (χ1) is 12.0. The van der Waals surface area contributed by atoms with E-state index in [0.717, 1.165) is 5.56 Å². The molecule has 0 radical (unpaired) electrons. The van der Waals surface area contributed by atoms with E-state index < -0.39 is 0 Å². The average molecular weight is 423 g/mol. The Hall–Kier alpha value is -2.38. The molecule has 0 aliphatic heterocycles. The van der Waals surface area contributed by atoms with Gasteiger partial charge in [-0.3, -0.25) is 9.59 Å². The van der Waals surface area contributed by atoms with E-state index in [1.54, 1.807) is 30.3 Å². The van der Waals surface area contributed by atoms with Crippen LogP contribution in [0.25, 0.3) is 11.3 Å². The number of hydrogen-bond acceptors (Lipinski definition) is 4. The van der Waals surface area contributed by atoms with E-state index in [-0.39, 0.29) is 30.3 Å². The summed E-state index contributed by atoms with van der Waals surface area (Å²) in [6.07, 6.45) is 0. The van der Waals surface area contributed by atoms with Crippen LogP contribution in [0.3, 0.4) is 0 Å². The molecule has 0 aliphatic carbocycles. The molecule has 8 heteroatoms. The van der Waals surface area contributed by atoms with Gasteiger partial charge in [-0.05, 0) is 46.3 Å². The number of carbonyl (C=O) groups is 1. The van der Waals surface area contributed by atoms with Crippen LogP contribution in [0.1, 0.15) is 10.6 Å². The standard InChI is InChI=1S/C17H13BrClN3O3/c18-15-7-6-14(25-15)17(24)20-9-10-22-16(23)8-5-13(21-22)11-1-3-12(19)4-2-11/h1-8H,9-10H2,(H,20,24). The summed E-state index contributed by atoms with van der Waals surface area (Å²) < 4.78 is 6.95. The zero-order chi connectivity index (χ0) is 17.8. The van der Waals surface area contributed by atoms with Crippen LogP contribution in [0.15, 0.2) is 62.4 Å². The minimum Gasteiger partial charge on any atom is -0.444 e. The number of benzene rings is 1. The lowest BCUT2D eigenvalue weighted by Crippen LogP contribution is -2.31. The average Bonchev–Trinajstić information content (AvgIpc) is 3.04. The van der Waals surface area contributed by atoms with Crippen molar-refractivity contribution in [2.24, 2.45) is 0 Å². The Labute approximate surface area is 156 Å². The minimum absolute atomic E-state index is 0.196. The summed E-state index contributed by atoms with van der Waals surface area (Å²) >= 11 is 9.02. The zero-order valence-corrected chi connectivity index (χ0v) is 15.3. The number of hydrogen-bond donors (Lipinski definition) is 1. The fraction of sp³-hybridized carbons (Fsp3) is 0.118. The Morgan fingerprint density at radius 2 is 1.92 bits per heavy atom. The molecule has 0 atom stereocenters. The molecule has 0 spiro atoms. The van der Waals surface area contributed by atoms with Crippen LogP contribution in [0.4, 0.5) is 0 Å². The lowest BCUT2D eigenvalue weighted by Gasteiger charge is -2.08. The van der Waals surface area contributed by atoms with E-state index in [9.17, 15) is 9.59 Å². The number of nitrogens with one attached hydrogen (secondary N) is 1. The number of rotatable bonds is 5. The fourth-order valence-electron chi connectivity index (χ4n) is 2.18. The van der Waals surface area contributed by atoms with Crippen LogP contribution in [-0.4, -0.2) is 22.2 Å². The molecule has 1 aromatic carbocycles. The van der Waals surface area contributed by atoms with Crippen molar-refractivity contribution in [3.8, 4) is 11.3 Å². The predicted molar refractivity (Wildman–Crippen MR) is 97.7 cm³/mol. The molecule has 0 aliphatic rings. The van der Waals surface area contributed by atoms with E-state index in [1.165, 1.54) is 10.7 Å². The van der Waals surface area contributed by atoms with Crippen molar-refractivity contribution in [1.82, 2.24) is 15.1 Å². The summed E-state index contributed by atoms with van der Waals surface area (Å²) in [4.78, 5) is 23.9. The highest BCUT2D eigenvalue weighted by Crippen LogP contribution is 2.18. The van der Waals surface area contributed by atoms with Gasteiger partial charge in [0.15, 0.2) is 10.4 Å². The number of halogens is 2. The summed E-state index contributed by atoms with van der Waals surface area (Å²) in [6, 6.07) is 13.5. The van der Waals surface area contributed by atoms with Crippen molar-refractivity contribution in [3.05, 3.63) is 74.3 Å². The molecule has 0 unspecified atom stereocenters. The summed E-state index contributed by atoms with van der Waals surface area (Å²) in [5.74, 6) is -0.158. The third kappa shape index (κ3) is 4.37. The number of furan rings is 1. The highest BCUT2D eigenvalue weighted by molar-refractivity contribution is 9.10. The van der Waals surface area contributed by atoms with Crippen LogP contribution in [0.2, 0.25) is 5.02 Å². The second-order valence-electron chi connectivity index (χ2n) is 5.15. The van der Waals surface area contributed by atoms with E-state index in [4.69, 9.17) is 16.0 Å². The Balaban J connectivity index is 1.68. The molecule has 25 heavy (non-hydrogen) atoms. The molecular formula is C17H13BrClN3O3. The summed E-state index contributed by atoms with van der Waals surface area (Å²) in [5.41, 5.74) is 1.26. The van der Waals surface area contributed by atoms with Gasteiger partial charge < -0.3 is 9.73 Å². The van der Waals surface area contributed by atoms with Crippen LogP contribution in [-0.2, 0) is 6.54 Å². The molecular weight excluding hydrogens is 410 g/mol. The van der Waals surface area contributed by atoms with Gasteiger partial charge in [-0.25, -0.2) is 4.68 Å². The molecule has 6 nitrogen and oxygen atoms in total. The predicted octanol–water partition coefficient (Wildman–Crippen LogP) is 3.35. The number of nitrogens with zero attached hydrogens (tertiary/aromatic N) is 2. The van der Waals surface area contributed by atoms with Gasteiger partial charge in [-0.1, -0.05) is 23.7 Å². The lowest BCUT2D eigenvalue weighted by molar-refractivity contribution is 0.0923. The van der Waals surface area contributed by atoms with Gasteiger partial charge in [0.2, 0.25) is 0 Å². The number of amides is 1. The first kappa shape index (κ1) is 17.4. The van der Waals surface area contributed by atoms with Gasteiger partial charge in [0.05, 0.1) is 12.2 Å². The van der Waals surface area contributed by atoms with Crippen molar-refractivity contribution in [2.45, 2.75) is 6.54 Å². The Morgan fingerprint density at radius 3 is 2.60 bits per heavy atom. The third-order valence-corrected chi connectivity index (χ3v) is 4.09. The molecule has 3 aromatic rings. The van der Waals surface area contributed by atoms with Crippen molar-refractivity contribution >= 4 is 33.4 Å². The van der Waals surface area contributed by atoms with E-state index in [0.29, 0.717) is 15.4 Å². The second kappa shape index (κ2) is 7.67. The SMILES string of the molecule is O=C(NCCn1nc(-c2ccc(Cl)cc2)ccc1=O)c1ccc(Br)o1. The number of carbonyl (C=O) groups excluding carboxylic acids is 1. The Morgan fingerprint density at radius 1 is 1.16 bits per heavy atom. The number of aromatic nitrogens is 2. The maximum absolute atomic E-state index is 11.9. The van der Waals surface area contributed by atoms with Gasteiger partial charge >= 0.3 is 0 Å². The molecule has 0 bridgehead atoms. The molecule has 1 amide bonds. The van der Waals surface area contributed by atoms with E-state index in [1.807, 2.05) is 12.1 Å². The maximum Gasteiger partial charge on any atom is 0.287 e. The van der Waals surface area contributed by atoms with Gasteiger partial charge in [-0.2, -0.15) is 5.10 Å². The quantitative estimate of drug-likeness (QED) is 0.684. The fourth-order valence-corrected chi connectivity index (χ4v) is 2.62. The topological polar surface area (TPSA) is 77.1 Å². The molecule has 3 rings (SSSR count). The Kier molecular flexibility index (Phi) is 5.35. The van der Waals surface area contributed by atoms with E-state index >= 15 is 0 Å². The van der Waals surface area contributed by atoms with Crippen molar-refractivity contribution < 1.29 is 9.21 Å². The van der Waals surface area contributed by atoms with E-state index in [2.05, 4.69) is 26.3 Å². The van der Waals surface area contributed by atoms with Crippen molar-refractivity contribution in [2.75, 3.05) is 6.54 Å². The van der Waals surface area contributed by atoms with Crippen molar-refractivity contribution in [1.29, 1.82) is 0 Å². The van der Waals surface area contributed by atoms with Gasteiger partial charge in [0, 0.05) is 23.2 Å². The third-order valence-electron chi connectivity index (χ3n) is 3.41. The maximum atomic E-state index is 11.9. The largest absolute Gasteiger partial charge is 0.444 e. The highest BCUT2D eigenvalue weighted by atomic mass is 79.9. The smallest absolute Gasteiger partial charge is 0.287 e. The van der Waals surface area contributed by atoms with Crippen LogP contribution < -0.4 is 10.9 Å². The van der Waals surface area contributed by atoms with Gasteiger partial charge in [0.1, 0.15) is 0 Å². The van der Waals surface area contributed by atoms with Gasteiger partial charge in [-0.15, -0.1) is 0 Å². The first-order valence-corrected chi connectivity index (χ1v) is 8.58. The molecule has 0 saturated heterocycles. The minimum atomic E-state index is -0.354. The first-order valence-electron chi connectivity index (χ1n) is 7.40. The Bertz CT molecular complexity index is 950. The molecule has 128 valence electrons. The lowest BCUT2D eigenvalue weighted by atomic mass is 10.1. The summed E-state index contributed by atoms with van der Waals surface area (Å²) in [6.45, 7) is 0.488. The highest BCUT2D eigenvalue weighted by Gasteiger charge is 2.10. The van der Waals surface area contributed by atoms with Crippen molar-refractivity contribution in [3.63, 3.8) is 0 Å². The summed E-state index contributed by atoms with van der Waals surface area (Å²) in [7, 11) is 0. The normalized spacial score (nSPS) is 10.6. The molecule has 2 aromatic heterocycles.